The maximum absolute atomic E-state index is 12.4. The molecule has 0 saturated carbocycles. The summed E-state index contributed by atoms with van der Waals surface area (Å²) in [5.41, 5.74) is 0. The number of unbranched alkanes of at least 4 members (excludes halogenated alkanes) is 46. The number of carbonyl (C=O) groups is 2. The van der Waals surface area contributed by atoms with Crippen LogP contribution in [-0.4, -0.2) is 47.4 Å². The van der Waals surface area contributed by atoms with Gasteiger partial charge in [-0.1, -0.05) is 301 Å². The second-order valence-electron chi connectivity index (χ2n) is 21.7. The summed E-state index contributed by atoms with van der Waals surface area (Å²) in [4.78, 5) is 24.4. The van der Waals surface area contributed by atoms with E-state index in [1.165, 1.54) is 276 Å². The molecule has 6 heteroatoms. The van der Waals surface area contributed by atoms with Gasteiger partial charge in [0.15, 0.2) is 0 Å². The molecule has 1 amide bonds. The molecule has 0 rings (SSSR count). The third kappa shape index (κ3) is 55.7. The number of rotatable bonds is 59. The zero-order valence-electron chi connectivity index (χ0n) is 47.3. The van der Waals surface area contributed by atoms with Crippen LogP contribution in [0.15, 0.2) is 24.3 Å². The summed E-state index contributed by atoms with van der Waals surface area (Å²) in [6.45, 7) is 4.87. The van der Waals surface area contributed by atoms with Gasteiger partial charge in [-0.2, -0.15) is 0 Å². The average Bonchev–Trinajstić information content (AvgIpc) is 3.36. The van der Waals surface area contributed by atoms with Crippen molar-refractivity contribution < 1.29 is 24.5 Å². The second-order valence-corrected chi connectivity index (χ2v) is 21.7. The maximum Gasteiger partial charge on any atom is 0.305 e. The Kier molecular flexibility index (Phi) is 58.5. The lowest BCUT2D eigenvalue weighted by molar-refractivity contribution is -0.143. The number of esters is 1. The first kappa shape index (κ1) is 68.3. The van der Waals surface area contributed by atoms with Crippen molar-refractivity contribution in [2.75, 3.05) is 13.2 Å². The van der Waals surface area contributed by atoms with Gasteiger partial charge in [-0.3, -0.25) is 9.59 Å². The van der Waals surface area contributed by atoms with E-state index in [0.717, 1.165) is 44.9 Å². The van der Waals surface area contributed by atoms with Crippen LogP contribution in [0.4, 0.5) is 0 Å². The lowest BCUT2D eigenvalue weighted by Gasteiger charge is -2.20. The van der Waals surface area contributed by atoms with E-state index in [1.807, 2.05) is 6.08 Å². The number of hydrogen-bond acceptors (Lipinski definition) is 5. The lowest BCUT2D eigenvalue weighted by atomic mass is 10.0. The predicted molar refractivity (Wildman–Crippen MR) is 306 cm³/mol. The Labute approximate surface area is 437 Å². The molecule has 0 aromatic carbocycles. The number of allylic oxidation sites excluding steroid dienone is 3. The van der Waals surface area contributed by atoms with Crippen molar-refractivity contribution in [1.29, 1.82) is 0 Å². The molecule has 6 nitrogen and oxygen atoms in total. The van der Waals surface area contributed by atoms with Crippen molar-refractivity contribution in [2.24, 2.45) is 0 Å². The van der Waals surface area contributed by atoms with Crippen molar-refractivity contribution in [1.82, 2.24) is 5.32 Å². The van der Waals surface area contributed by atoms with Gasteiger partial charge in [0.05, 0.1) is 25.4 Å². The van der Waals surface area contributed by atoms with Crippen LogP contribution in [0.2, 0.25) is 0 Å². The zero-order chi connectivity index (χ0) is 50.7. The number of hydrogen-bond donors (Lipinski definition) is 3. The fourth-order valence-electron chi connectivity index (χ4n) is 9.87. The highest BCUT2D eigenvalue weighted by atomic mass is 16.5. The monoisotopic (exact) mass is 986 g/mol. The zero-order valence-corrected chi connectivity index (χ0v) is 47.3. The van der Waals surface area contributed by atoms with Gasteiger partial charge in [0.2, 0.25) is 5.91 Å². The van der Waals surface area contributed by atoms with Crippen LogP contribution < -0.4 is 5.32 Å². The molecule has 2 atom stereocenters. The summed E-state index contributed by atoms with van der Waals surface area (Å²) in [6, 6.07) is -0.621. The highest BCUT2D eigenvalue weighted by molar-refractivity contribution is 5.76. The van der Waals surface area contributed by atoms with Crippen molar-refractivity contribution in [2.45, 2.75) is 360 Å². The van der Waals surface area contributed by atoms with Gasteiger partial charge in [-0.05, 0) is 57.8 Å². The van der Waals surface area contributed by atoms with E-state index in [0.29, 0.717) is 19.4 Å². The lowest BCUT2D eigenvalue weighted by Crippen LogP contribution is -2.45. The molecule has 0 radical (unpaired) electrons. The molecule has 0 aromatic rings. The normalized spacial score (nSPS) is 12.7. The van der Waals surface area contributed by atoms with Crippen LogP contribution in [0.3, 0.4) is 0 Å². The Balaban J connectivity index is 3.30. The van der Waals surface area contributed by atoms with Crippen molar-refractivity contribution in [3.05, 3.63) is 24.3 Å². The van der Waals surface area contributed by atoms with Crippen molar-refractivity contribution >= 4 is 11.9 Å². The van der Waals surface area contributed by atoms with E-state index in [2.05, 4.69) is 31.3 Å². The van der Waals surface area contributed by atoms with Gasteiger partial charge in [-0.15, -0.1) is 0 Å². The maximum atomic E-state index is 12.4. The summed E-state index contributed by atoms with van der Waals surface area (Å²) in [7, 11) is 0. The van der Waals surface area contributed by atoms with Crippen molar-refractivity contribution in [3.63, 3.8) is 0 Å². The predicted octanol–water partition coefficient (Wildman–Crippen LogP) is 19.8. The third-order valence-corrected chi connectivity index (χ3v) is 14.7. The Morgan fingerprint density at radius 3 is 1.04 bits per heavy atom. The molecule has 0 saturated heterocycles. The molecular formula is C64H123NO5. The van der Waals surface area contributed by atoms with Gasteiger partial charge >= 0.3 is 5.97 Å². The molecule has 0 bridgehead atoms. The number of ether oxygens (including phenoxy) is 1. The summed E-state index contributed by atoms with van der Waals surface area (Å²) in [5, 5.41) is 23.0. The van der Waals surface area contributed by atoms with Crippen LogP contribution in [0, 0.1) is 0 Å². The smallest absolute Gasteiger partial charge is 0.305 e. The van der Waals surface area contributed by atoms with Crippen LogP contribution in [0.1, 0.15) is 348 Å². The Morgan fingerprint density at radius 1 is 0.386 bits per heavy atom. The largest absolute Gasteiger partial charge is 0.466 e. The molecule has 0 aliphatic carbocycles. The van der Waals surface area contributed by atoms with E-state index in [4.69, 9.17) is 4.74 Å². The standard InChI is InChI=1S/C64H123NO5/c1-3-5-7-9-11-13-14-38-42-46-50-54-58-64(69)70-59-55-51-47-43-39-36-34-32-30-28-26-24-22-20-18-16-15-17-19-21-23-25-27-29-31-33-35-37-41-45-49-53-57-63(68)65-61(60-66)62(67)56-52-48-44-40-12-10-8-6-4-2/h11,13,52,56,61-62,66-67H,3-10,12,14-51,53-55,57-60H2,1-2H3,(H,65,68)/b13-11-,56-52+. The van der Waals surface area contributed by atoms with Crippen LogP contribution in [0.25, 0.3) is 0 Å². The molecule has 0 fully saturated rings. The first-order valence-electron chi connectivity index (χ1n) is 31.6. The Bertz CT molecular complexity index is 1090. The minimum Gasteiger partial charge on any atom is -0.466 e. The molecule has 0 aliphatic rings. The second kappa shape index (κ2) is 59.9. The number of amides is 1. The van der Waals surface area contributed by atoms with E-state index in [1.54, 1.807) is 6.08 Å². The number of carbonyl (C=O) groups excluding carboxylic acids is 2. The summed E-state index contributed by atoms with van der Waals surface area (Å²) >= 11 is 0. The third-order valence-electron chi connectivity index (χ3n) is 14.7. The molecule has 0 aromatic heterocycles. The molecule has 0 aliphatic heterocycles. The van der Waals surface area contributed by atoms with E-state index < -0.39 is 12.1 Å². The van der Waals surface area contributed by atoms with Gasteiger partial charge in [0.1, 0.15) is 0 Å². The Hall–Kier alpha value is -1.66. The van der Waals surface area contributed by atoms with Crippen molar-refractivity contribution in [3.8, 4) is 0 Å². The number of aliphatic hydroxyl groups excluding tert-OH is 2. The number of nitrogens with one attached hydrogen (secondary N) is 1. The van der Waals surface area contributed by atoms with Crippen LogP contribution in [0.5, 0.6) is 0 Å². The highest BCUT2D eigenvalue weighted by Crippen LogP contribution is 2.18. The minimum absolute atomic E-state index is 0.0108. The molecule has 70 heavy (non-hydrogen) atoms. The topological polar surface area (TPSA) is 95.9 Å². The van der Waals surface area contributed by atoms with Gasteiger partial charge < -0.3 is 20.3 Å². The molecule has 2 unspecified atom stereocenters. The molecular weight excluding hydrogens is 863 g/mol. The first-order valence-corrected chi connectivity index (χ1v) is 31.6. The van der Waals surface area contributed by atoms with Crippen LogP contribution in [-0.2, 0) is 14.3 Å². The summed E-state index contributed by atoms with van der Waals surface area (Å²) in [5.74, 6) is -0.0543. The number of aliphatic hydroxyl groups is 2. The molecule has 3 N–H and O–H groups in total. The first-order chi connectivity index (χ1) is 34.5. The minimum atomic E-state index is -0.838. The SMILES string of the molecule is CCCCC/C=C\CCCCCCCC(=O)OCCCCCCCCCCCCCCCCCCCCCCCCCCCCCCCCCCC(=O)NC(CO)C(O)/C=C/CCCCCCCCC. The van der Waals surface area contributed by atoms with Gasteiger partial charge in [0, 0.05) is 12.8 Å². The van der Waals surface area contributed by atoms with E-state index in [-0.39, 0.29) is 18.5 Å². The van der Waals surface area contributed by atoms with Crippen LogP contribution >= 0.6 is 0 Å². The summed E-state index contributed by atoms with van der Waals surface area (Å²) in [6.07, 6.45) is 74.0. The quantitative estimate of drug-likeness (QED) is 0.0321. The van der Waals surface area contributed by atoms with E-state index >= 15 is 0 Å². The summed E-state index contributed by atoms with van der Waals surface area (Å²) < 4.78 is 5.47. The van der Waals surface area contributed by atoms with E-state index in [9.17, 15) is 19.8 Å². The fraction of sp³-hybridized carbons (Fsp3) is 0.906. The molecule has 414 valence electrons. The molecule has 0 spiro atoms. The highest BCUT2D eigenvalue weighted by Gasteiger charge is 2.18. The van der Waals surface area contributed by atoms with Gasteiger partial charge in [0.25, 0.3) is 0 Å². The molecule has 0 heterocycles. The fourth-order valence-corrected chi connectivity index (χ4v) is 9.87. The average molecular weight is 987 g/mol. The van der Waals surface area contributed by atoms with Gasteiger partial charge in [-0.25, -0.2) is 0 Å². The Morgan fingerprint density at radius 2 is 0.671 bits per heavy atom.